The molecular weight excluding hydrogens is 320 g/mol. The molecule has 26 heavy (non-hydrogen) atoms. The van der Waals surface area contributed by atoms with Crippen molar-refractivity contribution in [2.24, 2.45) is 4.99 Å². The molecule has 126 valence electrons. The molecule has 0 fully saturated rings. The Bertz CT molecular complexity index is 1070. The number of benzene rings is 4. The Hall–Kier alpha value is -3.46. The van der Waals surface area contributed by atoms with Gasteiger partial charge in [0, 0.05) is 24.4 Å². The van der Waals surface area contributed by atoms with Gasteiger partial charge in [-0.15, -0.1) is 0 Å². The van der Waals surface area contributed by atoms with Crippen LogP contribution in [0.1, 0.15) is 12.5 Å². The normalized spacial score (nSPS) is 11.3. The van der Waals surface area contributed by atoms with Gasteiger partial charge in [-0.1, -0.05) is 48.5 Å². The maximum Gasteiger partial charge on any atom is 0.221 e. The molecule has 0 aliphatic carbocycles. The van der Waals surface area contributed by atoms with Crippen LogP contribution in [0.2, 0.25) is 0 Å². The molecule has 1 amide bonds. The number of carbonyl (C=O) groups excluding carboxylic acids is 1. The van der Waals surface area contributed by atoms with Crippen molar-refractivity contribution in [3.63, 3.8) is 0 Å². The summed E-state index contributed by atoms with van der Waals surface area (Å²) in [6.45, 7) is 1.50. The monoisotopic (exact) mass is 338 g/mol. The Morgan fingerprint density at radius 2 is 1.42 bits per heavy atom. The predicted molar refractivity (Wildman–Crippen MR) is 109 cm³/mol. The van der Waals surface area contributed by atoms with Gasteiger partial charge in [-0.25, -0.2) is 0 Å². The summed E-state index contributed by atoms with van der Waals surface area (Å²) in [6, 6.07) is 26.4. The van der Waals surface area contributed by atoms with Crippen LogP contribution in [0.3, 0.4) is 0 Å². The van der Waals surface area contributed by atoms with Crippen LogP contribution in [-0.2, 0) is 4.79 Å². The van der Waals surface area contributed by atoms with Gasteiger partial charge in [-0.2, -0.15) is 0 Å². The number of nitrogens with one attached hydrogen (secondary N) is 1. The summed E-state index contributed by atoms with van der Waals surface area (Å²) in [7, 11) is 0. The first-order chi connectivity index (χ1) is 12.7. The maximum atomic E-state index is 11.1. The molecule has 0 atom stereocenters. The van der Waals surface area contributed by atoms with Gasteiger partial charge < -0.3 is 5.32 Å². The van der Waals surface area contributed by atoms with Crippen molar-refractivity contribution in [2.45, 2.75) is 6.92 Å². The van der Waals surface area contributed by atoms with Crippen LogP contribution < -0.4 is 5.32 Å². The zero-order valence-electron chi connectivity index (χ0n) is 14.4. The Morgan fingerprint density at radius 3 is 2.00 bits per heavy atom. The number of fused-ring (bicyclic) bond motifs is 2. The van der Waals surface area contributed by atoms with E-state index in [0.717, 1.165) is 16.9 Å². The maximum absolute atomic E-state index is 11.1. The van der Waals surface area contributed by atoms with Crippen LogP contribution in [0.4, 0.5) is 11.4 Å². The van der Waals surface area contributed by atoms with Crippen molar-refractivity contribution >= 4 is 45.0 Å². The number of hydrogen-bond donors (Lipinski definition) is 1. The van der Waals surface area contributed by atoms with Crippen molar-refractivity contribution in [1.29, 1.82) is 0 Å². The molecule has 0 radical (unpaired) electrons. The lowest BCUT2D eigenvalue weighted by Crippen LogP contribution is -2.04. The summed E-state index contributed by atoms with van der Waals surface area (Å²) in [5.41, 5.74) is 2.73. The zero-order chi connectivity index (χ0) is 17.9. The first-order valence-electron chi connectivity index (χ1n) is 8.53. The van der Waals surface area contributed by atoms with Crippen LogP contribution in [0.5, 0.6) is 0 Å². The van der Waals surface area contributed by atoms with Crippen LogP contribution in [0.15, 0.2) is 83.9 Å². The number of nitrogens with zero attached hydrogens (tertiary/aromatic N) is 1. The van der Waals surface area contributed by atoms with E-state index in [-0.39, 0.29) is 5.91 Å². The van der Waals surface area contributed by atoms with Gasteiger partial charge in [0.25, 0.3) is 0 Å². The molecule has 0 unspecified atom stereocenters. The third kappa shape index (κ3) is 3.20. The Balaban J connectivity index is 1.78. The first-order valence-corrected chi connectivity index (χ1v) is 8.53. The molecule has 3 heteroatoms. The number of hydrogen-bond acceptors (Lipinski definition) is 2. The summed E-state index contributed by atoms with van der Waals surface area (Å²) in [6.07, 6.45) is 1.93. The van der Waals surface area contributed by atoms with Crippen molar-refractivity contribution in [3.05, 3.63) is 84.4 Å². The van der Waals surface area contributed by atoms with Crippen LogP contribution in [0, 0.1) is 0 Å². The highest BCUT2D eigenvalue weighted by atomic mass is 16.1. The standard InChI is InChI=1S/C23H18N2O/c1-16(26)25-20-12-10-19(11-13-20)24-15-23-21-8-4-2-6-17(21)14-18-7-3-5-9-22(18)23/h2-15H,1H3,(H,25,26). The van der Waals surface area contributed by atoms with Gasteiger partial charge in [0.05, 0.1) is 5.69 Å². The van der Waals surface area contributed by atoms with E-state index in [4.69, 9.17) is 0 Å². The van der Waals surface area contributed by atoms with Gasteiger partial charge in [0.1, 0.15) is 0 Å². The first kappa shape index (κ1) is 16.0. The largest absolute Gasteiger partial charge is 0.326 e. The number of carbonyl (C=O) groups is 1. The molecule has 1 N–H and O–H groups in total. The summed E-state index contributed by atoms with van der Waals surface area (Å²) in [5.74, 6) is -0.0801. The highest BCUT2D eigenvalue weighted by molar-refractivity contribution is 6.13. The molecule has 0 aliphatic rings. The van der Waals surface area contributed by atoms with Crippen molar-refractivity contribution in [2.75, 3.05) is 5.32 Å². The highest BCUT2D eigenvalue weighted by Gasteiger charge is 2.05. The Labute approximate surface area is 152 Å². The van der Waals surface area contributed by atoms with Crippen molar-refractivity contribution in [1.82, 2.24) is 0 Å². The summed E-state index contributed by atoms with van der Waals surface area (Å²) >= 11 is 0. The van der Waals surface area contributed by atoms with E-state index in [2.05, 4.69) is 64.9 Å². The van der Waals surface area contributed by atoms with Crippen LogP contribution in [0.25, 0.3) is 21.5 Å². The average molecular weight is 338 g/mol. The quantitative estimate of drug-likeness (QED) is 0.378. The second-order valence-corrected chi connectivity index (χ2v) is 6.22. The SMILES string of the molecule is CC(=O)Nc1ccc(N=Cc2c3ccccc3cc3ccccc23)cc1. The molecule has 0 saturated heterocycles. The molecule has 0 heterocycles. The van der Waals surface area contributed by atoms with E-state index in [1.165, 1.54) is 28.5 Å². The van der Waals surface area contributed by atoms with Crippen molar-refractivity contribution < 1.29 is 4.79 Å². The van der Waals surface area contributed by atoms with Gasteiger partial charge in [-0.3, -0.25) is 9.79 Å². The minimum Gasteiger partial charge on any atom is -0.326 e. The van der Waals surface area contributed by atoms with E-state index in [1.807, 2.05) is 30.5 Å². The molecule has 4 aromatic rings. The van der Waals surface area contributed by atoms with Gasteiger partial charge in [0.15, 0.2) is 0 Å². The Morgan fingerprint density at radius 1 is 0.846 bits per heavy atom. The lowest BCUT2D eigenvalue weighted by molar-refractivity contribution is -0.114. The van der Waals surface area contributed by atoms with E-state index < -0.39 is 0 Å². The molecule has 3 nitrogen and oxygen atoms in total. The molecule has 0 spiro atoms. The highest BCUT2D eigenvalue weighted by Crippen LogP contribution is 2.28. The van der Waals surface area contributed by atoms with Crippen molar-refractivity contribution in [3.8, 4) is 0 Å². The number of amides is 1. The van der Waals surface area contributed by atoms with E-state index in [9.17, 15) is 4.79 Å². The lowest BCUT2D eigenvalue weighted by atomic mass is 9.97. The van der Waals surface area contributed by atoms with Crippen LogP contribution in [-0.4, -0.2) is 12.1 Å². The second kappa shape index (κ2) is 6.81. The molecular formula is C23H18N2O. The summed E-state index contributed by atoms with van der Waals surface area (Å²) in [5, 5.41) is 7.54. The van der Waals surface area contributed by atoms with Gasteiger partial charge in [0.2, 0.25) is 5.91 Å². The average Bonchev–Trinajstić information content (AvgIpc) is 2.66. The second-order valence-electron chi connectivity index (χ2n) is 6.22. The summed E-state index contributed by atoms with van der Waals surface area (Å²) in [4.78, 5) is 15.8. The fourth-order valence-corrected chi connectivity index (χ4v) is 3.16. The predicted octanol–water partition coefficient (Wildman–Crippen LogP) is 5.70. The third-order valence-electron chi connectivity index (χ3n) is 4.34. The van der Waals surface area contributed by atoms with Gasteiger partial charge >= 0.3 is 0 Å². The fourth-order valence-electron chi connectivity index (χ4n) is 3.16. The number of rotatable bonds is 3. The molecule has 4 aromatic carbocycles. The van der Waals surface area contributed by atoms with E-state index in [1.54, 1.807) is 0 Å². The minimum absolute atomic E-state index is 0.0801. The molecule has 0 aromatic heterocycles. The number of anilines is 1. The third-order valence-corrected chi connectivity index (χ3v) is 4.34. The zero-order valence-corrected chi connectivity index (χ0v) is 14.4. The topological polar surface area (TPSA) is 41.5 Å². The van der Waals surface area contributed by atoms with Crippen LogP contribution >= 0.6 is 0 Å². The minimum atomic E-state index is -0.0801. The van der Waals surface area contributed by atoms with E-state index in [0.29, 0.717) is 0 Å². The smallest absolute Gasteiger partial charge is 0.221 e. The Kier molecular flexibility index (Phi) is 4.20. The molecule has 0 saturated carbocycles. The fraction of sp³-hybridized carbons (Fsp3) is 0.0435. The molecule has 4 rings (SSSR count). The molecule has 0 bridgehead atoms. The van der Waals surface area contributed by atoms with E-state index >= 15 is 0 Å². The lowest BCUT2D eigenvalue weighted by Gasteiger charge is -2.08. The van der Waals surface area contributed by atoms with Gasteiger partial charge in [-0.05, 0) is 51.9 Å². The number of aliphatic imine (C=N–C) groups is 1. The molecule has 0 aliphatic heterocycles. The summed E-state index contributed by atoms with van der Waals surface area (Å²) < 4.78 is 0.